The van der Waals surface area contributed by atoms with Gasteiger partial charge in [0.1, 0.15) is 12.6 Å². The minimum absolute atomic E-state index is 0.0990. The first kappa shape index (κ1) is 17.7. The summed E-state index contributed by atoms with van der Waals surface area (Å²) < 4.78 is 5.63. The Morgan fingerprint density at radius 2 is 2.09 bits per heavy atom. The van der Waals surface area contributed by atoms with Crippen LogP contribution < -0.4 is 10.6 Å². The van der Waals surface area contributed by atoms with Crippen molar-refractivity contribution in [3.8, 4) is 11.8 Å². The van der Waals surface area contributed by atoms with Crippen molar-refractivity contribution in [1.29, 1.82) is 0 Å². The molecule has 0 aliphatic heterocycles. The summed E-state index contributed by atoms with van der Waals surface area (Å²) in [5.41, 5.74) is 0.980. The SMILES string of the molecule is CC(OCc1ccccc1)C(NC=O)C(=O)NCC#CCO. The number of carbonyl (C=O) groups excluding carboxylic acids is 2. The van der Waals surface area contributed by atoms with Gasteiger partial charge in [0, 0.05) is 0 Å². The topological polar surface area (TPSA) is 87.7 Å². The van der Waals surface area contributed by atoms with E-state index >= 15 is 0 Å². The Morgan fingerprint density at radius 1 is 1.36 bits per heavy atom. The number of benzene rings is 1. The molecule has 6 heteroatoms. The molecule has 1 rings (SSSR count). The normalized spacial score (nSPS) is 12.5. The standard InChI is InChI=1S/C16H20N2O4/c1-13(22-11-14-7-3-2-4-8-14)15(18-12-20)16(21)17-9-5-6-10-19/h2-4,7-8,12-13,15,19H,9-11H2,1H3,(H,17,21)(H,18,20). The highest BCUT2D eigenvalue weighted by atomic mass is 16.5. The van der Waals surface area contributed by atoms with E-state index in [1.54, 1.807) is 6.92 Å². The van der Waals surface area contributed by atoms with Crippen LogP contribution in [0.1, 0.15) is 12.5 Å². The van der Waals surface area contributed by atoms with E-state index in [0.717, 1.165) is 5.56 Å². The van der Waals surface area contributed by atoms with Crippen LogP contribution in [0.2, 0.25) is 0 Å². The molecule has 1 aromatic carbocycles. The summed E-state index contributed by atoms with van der Waals surface area (Å²) in [5, 5.41) is 13.5. The van der Waals surface area contributed by atoms with Gasteiger partial charge in [-0.25, -0.2) is 0 Å². The van der Waals surface area contributed by atoms with Gasteiger partial charge in [-0.3, -0.25) is 9.59 Å². The summed E-state index contributed by atoms with van der Waals surface area (Å²) in [6.07, 6.45) is -0.0392. The molecule has 0 bridgehead atoms. The summed E-state index contributed by atoms with van der Waals surface area (Å²) >= 11 is 0. The van der Waals surface area contributed by atoms with Gasteiger partial charge in [-0.15, -0.1) is 0 Å². The van der Waals surface area contributed by atoms with Crippen LogP contribution in [0.5, 0.6) is 0 Å². The third-order valence-electron chi connectivity index (χ3n) is 2.91. The largest absolute Gasteiger partial charge is 0.384 e. The Bertz CT molecular complexity index is 522. The van der Waals surface area contributed by atoms with Crippen LogP contribution in [0.4, 0.5) is 0 Å². The van der Waals surface area contributed by atoms with Gasteiger partial charge in [0.05, 0.1) is 19.3 Å². The maximum Gasteiger partial charge on any atom is 0.246 e. The van der Waals surface area contributed by atoms with Crippen LogP contribution in [0.25, 0.3) is 0 Å². The van der Waals surface area contributed by atoms with E-state index in [0.29, 0.717) is 13.0 Å². The van der Waals surface area contributed by atoms with Gasteiger partial charge in [0.15, 0.2) is 0 Å². The molecule has 0 saturated carbocycles. The second kappa shape index (κ2) is 10.4. The van der Waals surface area contributed by atoms with Gasteiger partial charge in [-0.2, -0.15) is 0 Å². The number of nitrogens with one attached hydrogen (secondary N) is 2. The maximum absolute atomic E-state index is 12.0. The molecule has 0 aliphatic rings. The number of carbonyl (C=O) groups is 2. The molecule has 6 nitrogen and oxygen atoms in total. The molecule has 0 aliphatic carbocycles. The fourth-order valence-corrected chi connectivity index (χ4v) is 1.76. The van der Waals surface area contributed by atoms with Crippen molar-refractivity contribution in [2.45, 2.75) is 25.7 Å². The third-order valence-corrected chi connectivity index (χ3v) is 2.91. The molecule has 0 aromatic heterocycles. The Hall–Kier alpha value is -2.36. The lowest BCUT2D eigenvalue weighted by atomic mass is 10.1. The summed E-state index contributed by atoms with van der Waals surface area (Å²) in [6.45, 7) is 1.89. The smallest absolute Gasteiger partial charge is 0.246 e. The average molecular weight is 304 g/mol. The van der Waals surface area contributed by atoms with Gasteiger partial charge in [0.2, 0.25) is 12.3 Å². The summed E-state index contributed by atoms with van der Waals surface area (Å²) in [7, 11) is 0. The monoisotopic (exact) mass is 304 g/mol. The highest BCUT2D eigenvalue weighted by Gasteiger charge is 2.24. The number of hydrogen-bond donors (Lipinski definition) is 3. The number of hydrogen-bond acceptors (Lipinski definition) is 4. The van der Waals surface area contributed by atoms with Crippen molar-refractivity contribution >= 4 is 12.3 Å². The first-order chi connectivity index (χ1) is 10.7. The number of ether oxygens (including phenoxy) is 1. The molecule has 0 fully saturated rings. The molecule has 2 amide bonds. The number of aliphatic hydroxyl groups excluding tert-OH is 1. The van der Waals surface area contributed by atoms with E-state index in [9.17, 15) is 9.59 Å². The highest BCUT2D eigenvalue weighted by Crippen LogP contribution is 2.06. The van der Waals surface area contributed by atoms with Crippen LogP contribution in [-0.4, -0.2) is 42.7 Å². The van der Waals surface area contributed by atoms with Gasteiger partial charge in [-0.1, -0.05) is 42.2 Å². The minimum Gasteiger partial charge on any atom is -0.384 e. The van der Waals surface area contributed by atoms with E-state index < -0.39 is 12.1 Å². The second-order valence-corrected chi connectivity index (χ2v) is 4.49. The second-order valence-electron chi connectivity index (χ2n) is 4.49. The summed E-state index contributed by atoms with van der Waals surface area (Å²) in [5.74, 6) is 4.60. The number of rotatable bonds is 8. The Balaban J connectivity index is 2.52. The molecule has 3 N–H and O–H groups in total. The van der Waals surface area contributed by atoms with Crippen LogP contribution in [-0.2, 0) is 20.9 Å². The van der Waals surface area contributed by atoms with Gasteiger partial charge >= 0.3 is 0 Å². The van der Waals surface area contributed by atoms with Crippen molar-refractivity contribution in [2.24, 2.45) is 0 Å². The zero-order valence-electron chi connectivity index (χ0n) is 12.4. The molecule has 118 valence electrons. The lowest BCUT2D eigenvalue weighted by Gasteiger charge is -2.22. The molecule has 1 aromatic rings. The van der Waals surface area contributed by atoms with Crippen molar-refractivity contribution in [1.82, 2.24) is 10.6 Å². The zero-order valence-corrected chi connectivity index (χ0v) is 12.4. The first-order valence-corrected chi connectivity index (χ1v) is 6.88. The van der Waals surface area contributed by atoms with Gasteiger partial charge < -0.3 is 20.5 Å². The van der Waals surface area contributed by atoms with Gasteiger partial charge in [0.25, 0.3) is 0 Å². The van der Waals surface area contributed by atoms with Crippen molar-refractivity contribution in [3.63, 3.8) is 0 Å². The molecule has 0 spiro atoms. The lowest BCUT2D eigenvalue weighted by molar-refractivity contribution is -0.129. The van der Waals surface area contributed by atoms with E-state index in [2.05, 4.69) is 22.5 Å². The number of aliphatic hydroxyl groups is 1. The molecule has 0 saturated heterocycles. The van der Waals surface area contributed by atoms with Crippen LogP contribution in [0, 0.1) is 11.8 Å². The van der Waals surface area contributed by atoms with Crippen molar-refractivity contribution in [3.05, 3.63) is 35.9 Å². The van der Waals surface area contributed by atoms with E-state index in [1.165, 1.54) is 0 Å². The van der Waals surface area contributed by atoms with E-state index in [1.807, 2.05) is 30.3 Å². The zero-order chi connectivity index (χ0) is 16.2. The van der Waals surface area contributed by atoms with E-state index in [-0.39, 0.29) is 19.1 Å². The highest BCUT2D eigenvalue weighted by molar-refractivity contribution is 5.84. The Labute approximate surface area is 129 Å². The molecule has 22 heavy (non-hydrogen) atoms. The van der Waals surface area contributed by atoms with Crippen LogP contribution >= 0.6 is 0 Å². The fourth-order valence-electron chi connectivity index (χ4n) is 1.76. The molecule has 2 unspecified atom stereocenters. The number of amides is 2. The minimum atomic E-state index is -0.808. The summed E-state index contributed by atoms with van der Waals surface area (Å²) in [6, 6.07) is 8.73. The van der Waals surface area contributed by atoms with Crippen LogP contribution in [0.15, 0.2) is 30.3 Å². The fraction of sp³-hybridized carbons (Fsp3) is 0.375. The predicted molar refractivity (Wildman–Crippen MR) is 81.6 cm³/mol. The third kappa shape index (κ3) is 6.39. The molecule has 0 radical (unpaired) electrons. The van der Waals surface area contributed by atoms with Crippen LogP contribution in [0.3, 0.4) is 0 Å². The lowest BCUT2D eigenvalue weighted by Crippen LogP contribution is -2.50. The Kier molecular flexibility index (Phi) is 8.35. The van der Waals surface area contributed by atoms with Crippen molar-refractivity contribution < 1.29 is 19.4 Å². The molecular weight excluding hydrogens is 284 g/mol. The van der Waals surface area contributed by atoms with Gasteiger partial charge in [-0.05, 0) is 12.5 Å². The quantitative estimate of drug-likeness (QED) is 0.459. The van der Waals surface area contributed by atoms with E-state index in [4.69, 9.17) is 9.84 Å². The van der Waals surface area contributed by atoms with Crippen molar-refractivity contribution in [2.75, 3.05) is 13.2 Å². The Morgan fingerprint density at radius 3 is 2.73 bits per heavy atom. The molecule has 2 atom stereocenters. The first-order valence-electron chi connectivity index (χ1n) is 6.88. The molecule has 0 heterocycles. The summed E-state index contributed by atoms with van der Waals surface area (Å²) in [4.78, 5) is 22.7. The predicted octanol–water partition coefficient (Wildman–Crippen LogP) is -0.182. The average Bonchev–Trinajstić information content (AvgIpc) is 2.55. The molecular formula is C16H20N2O4. The maximum atomic E-state index is 12.0.